The molecule has 0 fully saturated rings. The van der Waals surface area contributed by atoms with Crippen molar-refractivity contribution in [2.75, 3.05) is 39.6 Å². The fourth-order valence-electron chi connectivity index (χ4n) is 7.59. The third-order valence-corrected chi connectivity index (χ3v) is 15.8. The van der Waals surface area contributed by atoms with Crippen molar-refractivity contribution in [1.29, 1.82) is 0 Å². The maximum absolute atomic E-state index is 6.76. The summed E-state index contributed by atoms with van der Waals surface area (Å²) < 4.78 is 49.6. The number of furan rings is 2. The molecule has 7 aromatic rings. The zero-order valence-corrected chi connectivity index (χ0v) is 39.7. The first kappa shape index (κ1) is 46.3. The van der Waals surface area contributed by atoms with Gasteiger partial charge in [0.25, 0.3) is 0 Å². The maximum atomic E-state index is 6.76. The fourth-order valence-corrected chi connectivity index (χ4v) is 11.9. The van der Waals surface area contributed by atoms with E-state index in [4.69, 9.17) is 35.4 Å². The molecule has 2 aromatic heterocycles. The van der Waals surface area contributed by atoms with Crippen molar-refractivity contribution in [3.05, 3.63) is 168 Å². The highest BCUT2D eigenvalue weighted by Crippen LogP contribution is 2.42. The molecule has 2 heterocycles. The van der Waals surface area contributed by atoms with Gasteiger partial charge < -0.3 is 35.4 Å². The first-order valence-corrected chi connectivity index (χ1v) is 25.9. The van der Waals surface area contributed by atoms with Crippen LogP contribution in [0, 0.1) is 0 Å². The standard InChI is InChI=1S/C54H58O8Si2/c1-7-55-63(56-8-2,57-9-3)37-35-41-23-27-45(28-24-41)51-39-49(43-19-15-13-16-20-43)53(61-51)47-31-33-48(34-32-47)54-50(44-21-17-14-18-22-44)40-52(62-54)46-29-25-42(26-30-46)36-38-64(58-10-4,59-11-5)60-12-6/h13-40H,7-12H2,1-6H3/b37-35+,38-36+. The Balaban J connectivity index is 1.19. The number of benzene rings is 5. The highest BCUT2D eigenvalue weighted by atomic mass is 28.4. The highest BCUT2D eigenvalue weighted by molar-refractivity contribution is 6.67. The average molecular weight is 891 g/mol. The molecule has 0 aliphatic carbocycles. The SMILES string of the molecule is CCO[Si](/C=C/c1ccc(-c2cc(-c3ccccc3)c(-c3ccc(-c4oc(-c5ccc(/C=C/[Si](OCC)(OCC)OCC)cc5)cc4-c4ccccc4)cc3)o2)cc1)(OCC)OCC. The van der Waals surface area contributed by atoms with Crippen LogP contribution in [0.15, 0.2) is 166 Å². The summed E-state index contributed by atoms with van der Waals surface area (Å²) in [5.41, 5.74) is 14.0. The molecule has 8 nitrogen and oxygen atoms in total. The molecule has 0 aliphatic heterocycles. The molecule has 0 N–H and O–H groups in total. The van der Waals surface area contributed by atoms with Crippen molar-refractivity contribution in [3.8, 4) is 67.5 Å². The van der Waals surface area contributed by atoms with E-state index in [0.717, 1.165) is 78.7 Å². The summed E-state index contributed by atoms with van der Waals surface area (Å²) in [5.74, 6) is 3.13. The van der Waals surface area contributed by atoms with Gasteiger partial charge in [-0.2, -0.15) is 0 Å². The van der Waals surface area contributed by atoms with Gasteiger partial charge in [-0.05, 0) is 87.3 Å². The predicted octanol–water partition coefficient (Wildman–Crippen LogP) is 14.1. The molecular weight excluding hydrogens is 833 g/mol. The highest BCUT2D eigenvalue weighted by Gasteiger charge is 2.38. The monoisotopic (exact) mass is 890 g/mol. The van der Waals surface area contributed by atoms with Crippen LogP contribution in [-0.2, 0) is 26.6 Å². The van der Waals surface area contributed by atoms with Gasteiger partial charge in [0.05, 0.1) is 0 Å². The van der Waals surface area contributed by atoms with E-state index in [1.54, 1.807) is 0 Å². The van der Waals surface area contributed by atoms with Crippen LogP contribution in [0.4, 0.5) is 0 Å². The molecule has 330 valence electrons. The normalized spacial score (nSPS) is 12.2. The summed E-state index contributed by atoms with van der Waals surface area (Å²) in [5, 5.41) is 0. The van der Waals surface area contributed by atoms with Crippen molar-refractivity contribution >= 4 is 29.8 Å². The van der Waals surface area contributed by atoms with Gasteiger partial charge in [0.2, 0.25) is 0 Å². The molecule has 0 saturated heterocycles. The molecule has 0 saturated carbocycles. The molecule has 10 heteroatoms. The second-order valence-corrected chi connectivity index (χ2v) is 19.5. The van der Waals surface area contributed by atoms with Crippen molar-refractivity contribution in [2.45, 2.75) is 41.5 Å². The number of hydrogen-bond donors (Lipinski definition) is 0. The third kappa shape index (κ3) is 11.2. The minimum absolute atomic E-state index is 0.514. The van der Waals surface area contributed by atoms with Crippen molar-refractivity contribution in [1.82, 2.24) is 0 Å². The summed E-state index contributed by atoms with van der Waals surface area (Å²) in [7, 11) is -5.86. The Hall–Kier alpha value is -5.67. The Morgan fingerprint density at radius 1 is 0.359 bits per heavy atom. The summed E-state index contributed by atoms with van der Waals surface area (Å²) in [4.78, 5) is 0. The Morgan fingerprint density at radius 3 is 0.953 bits per heavy atom. The van der Waals surface area contributed by atoms with Crippen LogP contribution in [-0.4, -0.2) is 57.3 Å². The van der Waals surface area contributed by atoms with E-state index >= 15 is 0 Å². The topological polar surface area (TPSA) is 81.7 Å². The fraction of sp³-hybridized carbons (Fsp3) is 0.222. The molecule has 0 bridgehead atoms. The molecule has 64 heavy (non-hydrogen) atoms. The Bertz CT molecular complexity index is 2350. The quantitative estimate of drug-likeness (QED) is 0.0623. The average Bonchev–Trinajstić information content (AvgIpc) is 3.99. The smallest absolute Gasteiger partial charge is 0.455 e. The molecule has 7 rings (SSSR count). The van der Waals surface area contributed by atoms with Crippen molar-refractivity contribution in [2.24, 2.45) is 0 Å². The molecule has 0 atom stereocenters. The minimum Gasteiger partial charge on any atom is -0.455 e. The second-order valence-electron chi connectivity index (χ2n) is 14.7. The molecule has 0 aliphatic rings. The second kappa shape index (κ2) is 22.3. The van der Waals surface area contributed by atoms with E-state index in [2.05, 4.69) is 133 Å². The van der Waals surface area contributed by atoms with Gasteiger partial charge in [-0.3, -0.25) is 0 Å². The van der Waals surface area contributed by atoms with Crippen LogP contribution in [0.1, 0.15) is 52.7 Å². The molecule has 0 amide bonds. The molecule has 0 spiro atoms. The van der Waals surface area contributed by atoms with Gasteiger partial charge in [0.15, 0.2) is 0 Å². The van der Waals surface area contributed by atoms with Gasteiger partial charge in [0, 0.05) is 73.0 Å². The first-order valence-electron chi connectivity index (χ1n) is 22.3. The van der Waals surface area contributed by atoms with Crippen LogP contribution in [0.2, 0.25) is 0 Å². The van der Waals surface area contributed by atoms with E-state index in [-0.39, 0.29) is 0 Å². The van der Waals surface area contributed by atoms with Gasteiger partial charge in [-0.1, -0.05) is 146 Å². The predicted molar refractivity (Wildman–Crippen MR) is 263 cm³/mol. The summed E-state index contributed by atoms with van der Waals surface area (Å²) in [6.07, 6.45) is 4.04. The molecule has 5 aromatic carbocycles. The largest absolute Gasteiger partial charge is 0.529 e. The summed E-state index contributed by atoms with van der Waals surface area (Å²) in [6, 6.07) is 50.0. The van der Waals surface area contributed by atoms with Gasteiger partial charge >= 0.3 is 17.6 Å². The van der Waals surface area contributed by atoms with E-state index in [1.807, 2.05) is 77.2 Å². The maximum Gasteiger partial charge on any atom is 0.529 e. The van der Waals surface area contributed by atoms with Crippen LogP contribution in [0.5, 0.6) is 0 Å². The van der Waals surface area contributed by atoms with E-state index < -0.39 is 17.6 Å². The summed E-state index contributed by atoms with van der Waals surface area (Å²) >= 11 is 0. The van der Waals surface area contributed by atoms with E-state index in [0.29, 0.717) is 39.6 Å². The van der Waals surface area contributed by atoms with Crippen molar-refractivity contribution < 1.29 is 35.4 Å². The zero-order chi connectivity index (χ0) is 44.8. The Morgan fingerprint density at radius 2 is 0.656 bits per heavy atom. The lowest BCUT2D eigenvalue weighted by Gasteiger charge is -2.25. The number of hydrogen-bond acceptors (Lipinski definition) is 8. The number of rotatable bonds is 22. The molecule has 0 unspecified atom stereocenters. The lowest BCUT2D eigenvalue weighted by molar-refractivity contribution is 0.0837. The van der Waals surface area contributed by atoms with Crippen LogP contribution in [0.3, 0.4) is 0 Å². The minimum atomic E-state index is -2.93. The lowest BCUT2D eigenvalue weighted by Crippen LogP contribution is -2.44. The van der Waals surface area contributed by atoms with Gasteiger partial charge in [-0.25, -0.2) is 0 Å². The van der Waals surface area contributed by atoms with Crippen LogP contribution in [0.25, 0.3) is 79.7 Å². The Kier molecular flexibility index (Phi) is 16.1. The van der Waals surface area contributed by atoms with E-state index in [9.17, 15) is 0 Å². The van der Waals surface area contributed by atoms with Crippen LogP contribution < -0.4 is 0 Å². The third-order valence-electron chi connectivity index (χ3n) is 10.5. The zero-order valence-electron chi connectivity index (χ0n) is 37.7. The molecular formula is C54H58O8Si2. The van der Waals surface area contributed by atoms with Crippen molar-refractivity contribution in [3.63, 3.8) is 0 Å². The van der Waals surface area contributed by atoms with Crippen LogP contribution >= 0.6 is 0 Å². The van der Waals surface area contributed by atoms with E-state index in [1.165, 1.54) is 0 Å². The Labute approximate surface area is 380 Å². The lowest BCUT2D eigenvalue weighted by atomic mass is 9.98. The first-order chi connectivity index (χ1) is 31.4. The van der Waals surface area contributed by atoms with Gasteiger partial charge in [0.1, 0.15) is 23.0 Å². The summed E-state index contributed by atoms with van der Waals surface area (Å²) in [6.45, 7) is 14.8. The van der Waals surface area contributed by atoms with Gasteiger partial charge in [-0.15, -0.1) is 0 Å². The molecule has 0 radical (unpaired) electrons.